The molecule has 0 bridgehead atoms. The molecule has 172 valence electrons. The summed E-state index contributed by atoms with van der Waals surface area (Å²) in [4.78, 5) is 4.41. The highest BCUT2D eigenvalue weighted by Crippen LogP contribution is 2.37. The lowest BCUT2D eigenvalue weighted by atomic mass is 10.1. The summed E-state index contributed by atoms with van der Waals surface area (Å²) in [6.07, 6.45) is 1.53. The van der Waals surface area contributed by atoms with E-state index in [2.05, 4.69) is 16.4 Å². The average molecular weight is 457 g/mol. The van der Waals surface area contributed by atoms with Crippen molar-refractivity contribution in [3.63, 3.8) is 0 Å². The number of nitrogens with zero attached hydrogens (tertiary/aromatic N) is 2. The normalized spacial score (nSPS) is 10.4. The van der Waals surface area contributed by atoms with Gasteiger partial charge in [-0.25, -0.2) is 0 Å². The molecule has 4 aromatic rings. The fourth-order valence-corrected chi connectivity index (χ4v) is 3.44. The van der Waals surface area contributed by atoms with Gasteiger partial charge in [-0.15, -0.1) is 0 Å². The highest BCUT2D eigenvalue weighted by molar-refractivity contribution is 5.97. The van der Waals surface area contributed by atoms with Gasteiger partial charge in [0.25, 0.3) is 0 Å². The first-order valence-corrected chi connectivity index (χ1v) is 10.6. The SMILES string of the molecule is COc1cc2c(Nc3ccc(Oc4ccccc4OC)cc3)c(C#N)cnc2cc1OCCN. The number of nitrogens with two attached hydrogens (primary N) is 1. The van der Waals surface area contributed by atoms with Crippen molar-refractivity contribution in [2.24, 2.45) is 5.73 Å². The maximum Gasteiger partial charge on any atom is 0.169 e. The number of ether oxygens (including phenoxy) is 4. The zero-order chi connectivity index (χ0) is 23.9. The van der Waals surface area contributed by atoms with Crippen LogP contribution < -0.4 is 30.0 Å². The number of rotatable bonds is 9. The van der Waals surface area contributed by atoms with E-state index in [0.717, 1.165) is 11.1 Å². The molecular weight excluding hydrogens is 432 g/mol. The summed E-state index contributed by atoms with van der Waals surface area (Å²) in [6, 6.07) is 20.6. The lowest BCUT2D eigenvalue weighted by Crippen LogP contribution is -2.11. The Hall–Kier alpha value is -4.48. The Balaban J connectivity index is 1.65. The molecule has 8 heteroatoms. The van der Waals surface area contributed by atoms with Crippen molar-refractivity contribution in [1.29, 1.82) is 5.26 Å². The van der Waals surface area contributed by atoms with Crippen molar-refractivity contribution in [2.75, 3.05) is 32.7 Å². The molecule has 0 unspecified atom stereocenters. The number of methoxy groups -OCH3 is 2. The predicted octanol–water partition coefficient (Wildman–Crippen LogP) is 5.00. The van der Waals surface area contributed by atoms with Gasteiger partial charge in [0.05, 0.1) is 31.0 Å². The van der Waals surface area contributed by atoms with Crippen molar-refractivity contribution < 1.29 is 18.9 Å². The second kappa shape index (κ2) is 10.4. The number of aromatic nitrogens is 1. The van der Waals surface area contributed by atoms with Crippen LogP contribution in [0.1, 0.15) is 5.56 Å². The second-order valence-electron chi connectivity index (χ2n) is 7.22. The van der Waals surface area contributed by atoms with Crippen LogP contribution in [0.4, 0.5) is 11.4 Å². The van der Waals surface area contributed by atoms with Gasteiger partial charge in [-0.2, -0.15) is 5.26 Å². The number of nitriles is 1. The van der Waals surface area contributed by atoms with Crippen LogP contribution in [-0.2, 0) is 0 Å². The van der Waals surface area contributed by atoms with Gasteiger partial charge in [0.2, 0.25) is 0 Å². The van der Waals surface area contributed by atoms with Crippen molar-refractivity contribution in [2.45, 2.75) is 0 Å². The summed E-state index contributed by atoms with van der Waals surface area (Å²) in [7, 11) is 3.16. The van der Waals surface area contributed by atoms with Gasteiger partial charge >= 0.3 is 0 Å². The van der Waals surface area contributed by atoms with Gasteiger partial charge in [-0.1, -0.05) is 12.1 Å². The van der Waals surface area contributed by atoms with Crippen molar-refractivity contribution in [3.8, 4) is 34.8 Å². The van der Waals surface area contributed by atoms with E-state index in [9.17, 15) is 5.26 Å². The summed E-state index contributed by atoms with van der Waals surface area (Å²) < 4.78 is 22.4. The summed E-state index contributed by atoms with van der Waals surface area (Å²) in [6.45, 7) is 0.734. The van der Waals surface area contributed by atoms with Gasteiger partial charge in [-0.3, -0.25) is 4.98 Å². The van der Waals surface area contributed by atoms with Gasteiger partial charge < -0.3 is 30.0 Å². The fourth-order valence-electron chi connectivity index (χ4n) is 3.44. The van der Waals surface area contributed by atoms with Gasteiger partial charge in [0, 0.05) is 29.9 Å². The third-order valence-corrected chi connectivity index (χ3v) is 5.07. The Morgan fingerprint density at radius 2 is 1.68 bits per heavy atom. The maximum absolute atomic E-state index is 9.68. The number of nitrogens with one attached hydrogen (secondary N) is 1. The van der Waals surface area contributed by atoms with E-state index < -0.39 is 0 Å². The zero-order valence-electron chi connectivity index (χ0n) is 18.9. The van der Waals surface area contributed by atoms with Crippen LogP contribution >= 0.6 is 0 Å². The smallest absolute Gasteiger partial charge is 0.169 e. The first kappa shape index (κ1) is 22.7. The summed E-state index contributed by atoms with van der Waals surface area (Å²) in [5, 5.41) is 13.7. The van der Waals surface area contributed by atoms with Crippen LogP contribution in [0.3, 0.4) is 0 Å². The van der Waals surface area contributed by atoms with Crippen molar-refractivity contribution in [3.05, 3.63) is 72.4 Å². The molecule has 34 heavy (non-hydrogen) atoms. The number of benzene rings is 3. The van der Waals surface area contributed by atoms with E-state index in [1.54, 1.807) is 26.4 Å². The lowest BCUT2D eigenvalue weighted by Gasteiger charge is -2.15. The number of hydrogen-bond donors (Lipinski definition) is 2. The van der Waals surface area contributed by atoms with Gasteiger partial charge in [0.1, 0.15) is 18.4 Å². The average Bonchev–Trinajstić information content (AvgIpc) is 2.88. The maximum atomic E-state index is 9.68. The molecule has 4 rings (SSSR count). The topological polar surface area (TPSA) is 112 Å². The molecular formula is C26H24N4O4. The van der Waals surface area contributed by atoms with Crippen molar-refractivity contribution >= 4 is 22.3 Å². The third kappa shape index (κ3) is 4.80. The highest BCUT2D eigenvalue weighted by atomic mass is 16.5. The van der Waals surface area contributed by atoms with Gasteiger partial charge in [0.15, 0.2) is 23.0 Å². The largest absolute Gasteiger partial charge is 0.493 e. The van der Waals surface area contributed by atoms with E-state index >= 15 is 0 Å². The minimum Gasteiger partial charge on any atom is -0.493 e. The van der Waals surface area contributed by atoms with Crippen LogP contribution in [0.5, 0.6) is 28.7 Å². The minimum atomic E-state index is 0.354. The lowest BCUT2D eigenvalue weighted by molar-refractivity contribution is 0.303. The molecule has 8 nitrogen and oxygen atoms in total. The minimum absolute atomic E-state index is 0.354. The quantitative estimate of drug-likeness (QED) is 0.362. The molecule has 1 aromatic heterocycles. The first-order valence-electron chi connectivity index (χ1n) is 10.6. The molecule has 0 aliphatic rings. The molecule has 0 aliphatic carbocycles. The standard InChI is InChI=1S/C26H24N4O4/c1-31-22-5-3-4-6-23(22)34-19-9-7-18(8-10-19)30-26-17(15-28)16-29-21-14-25(33-12-11-27)24(32-2)13-20(21)26/h3-10,13-14,16H,11-12,27H2,1-2H3,(H,29,30). The number of hydrogen-bond acceptors (Lipinski definition) is 8. The van der Waals surface area contributed by atoms with Crippen molar-refractivity contribution in [1.82, 2.24) is 4.98 Å². The van der Waals surface area contributed by atoms with Crippen LogP contribution in [-0.4, -0.2) is 32.4 Å². The van der Waals surface area contributed by atoms with E-state index in [1.807, 2.05) is 48.5 Å². The van der Waals surface area contributed by atoms with Crippen LogP contribution in [0.15, 0.2) is 66.9 Å². The fraction of sp³-hybridized carbons (Fsp3) is 0.154. The van der Waals surface area contributed by atoms with E-state index in [4.69, 9.17) is 24.7 Å². The Labute approximate surface area is 197 Å². The molecule has 3 aromatic carbocycles. The Morgan fingerprint density at radius 3 is 2.35 bits per heavy atom. The Kier molecular flexibility index (Phi) is 6.96. The highest BCUT2D eigenvalue weighted by Gasteiger charge is 2.15. The molecule has 0 saturated carbocycles. The number of para-hydroxylation sites is 2. The second-order valence-corrected chi connectivity index (χ2v) is 7.22. The number of fused-ring (bicyclic) bond motifs is 1. The molecule has 0 saturated heterocycles. The zero-order valence-corrected chi connectivity index (χ0v) is 18.9. The Bertz CT molecular complexity index is 1330. The summed E-state index contributed by atoms with van der Waals surface area (Å²) >= 11 is 0. The molecule has 0 fully saturated rings. The molecule has 1 heterocycles. The van der Waals surface area contributed by atoms with E-state index in [-0.39, 0.29) is 0 Å². The van der Waals surface area contributed by atoms with Gasteiger partial charge in [-0.05, 0) is 42.5 Å². The first-order chi connectivity index (χ1) is 16.7. The molecule has 0 amide bonds. The van der Waals surface area contributed by atoms with Crippen LogP contribution in [0.2, 0.25) is 0 Å². The molecule has 3 N–H and O–H groups in total. The number of pyridine rings is 1. The summed E-state index contributed by atoms with van der Waals surface area (Å²) in [5.41, 5.74) is 8.01. The summed E-state index contributed by atoms with van der Waals surface area (Å²) in [5.74, 6) is 2.99. The number of anilines is 2. The molecule has 0 spiro atoms. The molecule has 0 aliphatic heterocycles. The molecule has 0 atom stereocenters. The third-order valence-electron chi connectivity index (χ3n) is 5.07. The van der Waals surface area contributed by atoms with Crippen LogP contribution in [0, 0.1) is 11.3 Å². The molecule has 0 radical (unpaired) electrons. The van der Waals surface area contributed by atoms with E-state index in [0.29, 0.717) is 58.7 Å². The van der Waals surface area contributed by atoms with Crippen LogP contribution in [0.25, 0.3) is 10.9 Å². The Morgan fingerprint density at radius 1 is 0.941 bits per heavy atom. The monoisotopic (exact) mass is 456 g/mol. The predicted molar refractivity (Wildman–Crippen MR) is 130 cm³/mol. The van der Waals surface area contributed by atoms with E-state index in [1.165, 1.54) is 6.20 Å².